The molecule has 0 spiro atoms. The van der Waals surface area contributed by atoms with Gasteiger partial charge in [0.1, 0.15) is 0 Å². The molecular weight excluding hydrogens is 264 g/mol. The van der Waals surface area contributed by atoms with Crippen molar-refractivity contribution in [2.75, 3.05) is 11.9 Å². The fraction of sp³-hybridized carbons (Fsp3) is 0.692. The summed E-state index contributed by atoms with van der Waals surface area (Å²) in [4.78, 5) is 0. The Morgan fingerprint density at radius 1 is 1.21 bits per heavy atom. The molecule has 1 fully saturated rings. The van der Waals surface area contributed by atoms with Gasteiger partial charge in [-0.25, -0.2) is 0 Å². The Morgan fingerprint density at radius 2 is 2.05 bits per heavy atom. The summed E-state index contributed by atoms with van der Waals surface area (Å²) in [6.07, 6.45) is 5.38. The van der Waals surface area contributed by atoms with Crippen LogP contribution in [0.1, 0.15) is 36.8 Å². The Labute approximate surface area is 117 Å². The van der Waals surface area contributed by atoms with Gasteiger partial charge in [0.15, 0.2) is 11.0 Å². The quantitative estimate of drug-likeness (QED) is 0.866. The lowest BCUT2D eigenvalue weighted by Crippen LogP contribution is -2.43. The normalized spacial score (nSPS) is 26.8. The highest BCUT2D eigenvalue weighted by molar-refractivity contribution is 6.30. The molecule has 1 aromatic rings. The summed E-state index contributed by atoms with van der Waals surface area (Å²) in [6, 6.07) is 0.460. The van der Waals surface area contributed by atoms with E-state index in [1.54, 1.807) is 0 Å². The van der Waals surface area contributed by atoms with Crippen molar-refractivity contribution in [3.05, 3.63) is 16.3 Å². The number of anilines is 1. The molecule has 2 heterocycles. The fourth-order valence-corrected chi connectivity index (χ4v) is 3.12. The molecule has 1 saturated carbocycles. The highest BCUT2D eigenvalue weighted by Crippen LogP contribution is 2.29. The Hall–Kier alpha value is -0.910. The number of hydrogen-bond donors (Lipinski definition) is 2. The predicted octanol–water partition coefficient (Wildman–Crippen LogP) is 1.88. The van der Waals surface area contributed by atoms with E-state index >= 15 is 0 Å². The summed E-state index contributed by atoms with van der Waals surface area (Å²) in [5.74, 6) is 0.793. The molecule has 0 aromatic carbocycles. The van der Waals surface area contributed by atoms with Crippen LogP contribution in [0.25, 0.3) is 0 Å². The molecule has 1 aliphatic carbocycles. The van der Waals surface area contributed by atoms with E-state index in [1.807, 2.05) is 0 Å². The van der Waals surface area contributed by atoms with Crippen LogP contribution in [-0.4, -0.2) is 28.9 Å². The van der Waals surface area contributed by atoms with E-state index in [-0.39, 0.29) is 12.1 Å². The first-order valence-electron chi connectivity index (χ1n) is 6.89. The van der Waals surface area contributed by atoms with Crippen LogP contribution in [0.2, 0.25) is 5.15 Å². The van der Waals surface area contributed by atoms with Gasteiger partial charge in [0.2, 0.25) is 0 Å². The average molecular weight is 283 g/mol. The Bertz CT molecular complexity index is 468. The van der Waals surface area contributed by atoms with Gasteiger partial charge in [-0.2, -0.15) is 0 Å². The molecule has 104 valence electrons. The van der Waals surface area contributed by atoms with Crippen molar-refractivity contribution in [2.24, 2.45) is 5.73 Å². The van der Waals surface area contributed by atoms with Crippen LogP contribution in [0.3, 0.4) is 0 Å². The maximum absolute atomic E-state index is 6.16. The van der Waals surface area contributed by atoms with Gasteiger partial charge in [0, 0.05) is 23.2 Å². The largest absolute Gasteiger partial charge is 0.376 e. The molecule has 0 radical (unpaired) electrons. The lowest BCUT2D eigenvalue weighted by molar-refractivity contribution is 0.110. The lowest BCUT2D eigenvalue weighted by atomic mass is 9.91. The molecule has 2 aliphatic rings. The SMILES string of the molecule is NC1CCCCC1Nc1nnc(Cl)c2c1COCC2. The van der Waals surface area contributed by atoms with Crippen molar-refractivity contribution in [1.82, 2.24) is 10.2 Å². The van der Waals surface area contributed by atoms with E-state index in [1.165, 1.54) is 12.8 Å². The number of hydrogen-bond acceptors (Lipinski definition) is 5. The van der Waals surface area contributed by atoms with Crippen molar-refractivity contribution < 1.29 is 4.74 Å². The van der Waals surface area contributed by atoms with Crippen molar-refractivity contribution in [3.8, 4) is 0 Å². The third-order valence-corrected chi connectivity index (χ3v) is 4.32. The molecule has 1 aromatic heterocycles. The second kappa shape index (κ2) is 5.61. The van der Waals surface area contributed by atoms with Crippen molar-refractivity contribution in [2.45, 2.75) is 50.8 Å². The molecule has 3 N–H and O–H groups in total. The molecule has 5 nitrogen and oxygen atoms in total. The number of halogens is 1. The zero-order valence-corrected chi connectivity index (χ0v) is 11.6. The van der Waals surface area contributed by atoms with Gasteiger partial charge < -0.3 is 15.8 Å². The summed E-state index contributed by atoms with van der Waals surface area (Å²) in [7, 11) is 0. The highest BCUT2D eigenvalue weighted by Gasteiger charge is 2.25. The molecule has 0 amide bonds. The van der Waals surface area contributed by atoms with E-state index in [9.17, 15) is 0 Å². The number of nitrogens with one attached hydrogen (secondary N) is 1. The van der Waals surface area contributed by atoms with Gasteiger partial charge in [-0.3, -0.25) is 0 Å². The van der Waals surface area contributed by atoms with E-state index in [0.717, 1.165) is 36.2 Å². The zero-order chi connectivity index (χ0) is 13.2. The highest BCUT2D eigenvalue weighted by atomic mass is 35.5. The molecule has 2 unspecified atom stereocenters. The Balaban J connectivity index is 1.84. The smallest absolute Gasteiger partial charge is 0.155 e. The second-order valence-electron chi connectivity index (χ2n) is 5.30. The molecule has 6 heteroatoms. The number of fused-ring (bicyclic) bond motifs is 1. The minimum atomic E-state index is 0.186. The summed E-state index contributed by atoms with van der Waals surface area (Å²) in [5, 5.41) is 12.2. The second-order valence-corrected chi connectivity index (χ2v) is 5.66. The molecule has 2 atom stereocenters. The molecule has 3 rings (SSSR count). The van der Waals surface area contributed by atoms with Crippen LogP contribution in [0, 0.1) is 0 Å². The minimum Gasteiger partial charge on any atom is -0.376 e. The van der Waals surface area contributed by atoms with Crippen LogP contribution >= 0.6 is 11.6 Å². The number of aromatic nitrogens is 2. The van der Waals surface area contributed by atoms with Crippen molar-refractivity contribution in [3.63, 3.8) is 0 Å². The summed E-state index contributed by atoms with van der Waals surface area (Å²) >= 11 is 6.10. The topological polar surface area (TPSA) is 73.1 Å². The monoisotopic (exact) mass is 282 g/mol. The fourth-order valence-electron chi connectivity index (χ4n) is 2.87. The summed E-state index contributed by atoms with van der Waals surface area (Å²) in [6.45, 7) is 1.25. The third kappa shape index (κ3) is 2.68. The predicted molar refractivity (Wildman–Crippen MR) is 74.3 cm³/mol. The third-order valence-electron chi connectivity index (χ3n) is 4.02. The summed E-state index contributed by atoms with van der Waals surface area (Å²) < 4.78 is 5.51. The maximum atomic E-state index is 6.16. The van der Waals surface area contributed by atoms with Gasteiger partial charge in [0.05, 0.1) is 13.2 Å². The first kappa shape index (κ1) is 13.1. The average Bonchev–Trinajstić information content (AvgIpc) is 2.44. The van der Waals surface area contributed by atoms with Gasteiger partial charge in [0.25, 0.3) is 0 Å². The minimum absolute atomic E-state index is 0.186. The Morgan fingerprint density at radius 3 is 2.89 bits per heavy atom. The van der Waals surface area contributed by atoms with Crippen molar-refractivity contribution in [1.29, 1.82) is 0 Å². The molecule has 0 saturated heterocycles. The number of nitrogens with zero attached hydrogens (tertiary/aromatic N) is 2. The number of nitrogens with two attached hydrogens (primary N) is 1. The van der Waals surface area contributed by atoms with Crippen LogP contribution in [-0.2, 0) is 17.8 Å². The van der Waals surface area contributed by atoms with Crippen LogP contribution < -0.4 is 11.1 Å². The van der Waals surface area contributed by atoms with Crippen LogP contribution in [0.4, 0.5) is 5.82 Å². The molecular formula is C13H19ClN4O. The lowest BCUT2D eigenvalue weighted by Gasteiger charge is -2.31. The number of rotatable bonds is 2. The molecule has 0 bridgehead atoms. The molecule has 1 aliphatic heterocycles. The van der Waals surface area contributed by atoms with E-state index in [0.29, 0.717) is 18.4 Å². The number of ether oxygens (including phenoxy) is 1. The van der Waals surface area contributed by atoms with Gasteiger partial charge in [-0.1, -0.05) is 24.4 Å². The van der Waals surface area contributed by atoms with E-state index in [2.05, 4.69) is 15.5 Å². The van der Waals surface area contributed by atoms with Gasteiger partial charge in [-0.05, 0) is 19.3 Å². The van der Waals surface area contributed by atoms with Crippen molar-refractivity contribution >= 4 is 17.4 Å². The zero-order valence-electron chi connectivity index (χ0n) is 10.9. The maximum Gasteiger partial charge on any atom is 0.155 e. The van der Waals surface area contributed by atoms with Crippen LogP contribution in [0.5, 0.6) is 0 Å². The van der Waals surface area contributed by atoms with E-state index < -0.39 is 0 Å². The standard InChI is InChI=1S/C13H19ClN4O/c14-12-8-5-6-19-7-9(8)13(18-17-12)16-11-4-2-1-3-10(11)15/h10-11H,1-7,15H2,(H,16,18). The van der Waals surface area contributed by atoms with Crippen LogP contribution in [0.15, 0.2) is 0 Å². The summed E-state index contributed by atoms with van der Waals surface area (Å²) in [5.41, 5.74) is 8.27. The first-order chi connectivity index (χ1) is 9.25. The van der Waals surface area contributed by atoms with E-state index in [4.69, 9.17) is 22.1 Å². The first-order valence-corrected chi connectivity index (χ1v) is 7.27. The van der Waals surface area contributed by atoms with Gasteiger partial charge >= 0.3 is 0 Å². The van der Waals surface area contributed by atoms with Gasteiger partial charge in [-0.15, -0.1) is 10.2 Å². The Kier molecular flexibility index (Phi) is 3.86. The molecule has 19 heavy (non-hydrogen) atoms.